The van der Waals surface area contributed by atoms with E-state index >= 15 is 0 Å². The van der Waals surface area contributed by atoms with Crippen LogP contribution >= 0.6 is 79.6 Å². The van der Waals surface area contributed by atoms with Gasteiger partial charge in [-0.25, -0.2) is 0 Å². The third-order valence-corrected chi connectivity index (χ3v) is 13.1. The van der Waals surface area contributed by atoms with Crippen LogP contribution in [-0.4, -0.2) is 17.6 Å². The largest absolute Gasteiger partial charge is 0.361 e. The van der Waals surface area contributed by atoms with Crippen molar-refractivity contribution in [2.24, 2.45) is 5.92 Å². The van der Waals surface area contributed by atoms with E-state index in [-0.39, 0.29) is 3.23 Å². The summed E-state index contributed by atoms with van der Waals surface area (Å²) in [4.78, 5) is 0. The van der Waals surface area contributed by atoms with Crippen LogP contribution in [0.15, 0.2) is 0 Å². The van der Waals surface area contributed by atoms with Crippen molar-refractivity contribution in [2.45, 2.75) is 82.6 Å². The summed E-state index contributed by atoms with van der Waals surface area (Å²) in [5.74, 6) is 0.506. The fourth-order valence-corrected chi connectivity index (χ4v) is 6.14. The molecule has 132 valence electrons. The van der Waals surface area contributed by atoms with Crippen LogP contribution in [0.1, 0.15) is 71.6 Å². The van der Waals surface area contributed by atoms with Crippen LogP contribution in [0.5, 0.6) is 0 Å². The summed E-state index contributed by atoms with van der Waals surface area (Å²) < 4.78 is 5.18. The smallest absolute Gasteiger partial charge is 0.149 e. The Balaban J connectivity index is 2.97. The molecule has 1 rings (SSSR count). The lowest BCUT2D eigenvalue weighted by atomic mass is 9.98. The van der Waals surface area contributed by atoms with Gasteiger partial charge in [-0.2, -0.15) is 0 Å². The van der Waals surface area contributed by atoms with Gasteiger partial charge in [-0.15, -0.1) is 0 Å². The van der Waals surface area contributed by atoms with E-state index in [1.807, 2.05) is 0 Å². The molecule has 1 aliphatic rings. The first-order valence-electron chi connectivity index (χ1n) is 8.21. The highest BCUT2D eigenvalue weighted by atomic mass is 79.9. The van der Waals surface area contributed by atoms with Crippen LogP contribution in [0.3, 0.4) is 0 Å². The van der Waals surface area contributed by atoms with Crippen molar-refractivity contribution < 1.29 is 4.74 Å². The molecule has 1 nitrogen and oxygen atoms in total. The van der Waals surface area contributed by atoms with Crippen molar-refractivity contribution in [3.63, 3.8) is 0 Å². The Bertz CT molecular complexity index is 332. The first-order valence-corrected chi connectivity index (χ1v) is 12.2. The van der Waals surface area contributed by atoms with E-state index < -0.39 is 7.74 Å². The normalized spacial score (nSPS) is 30.5. The van der Waals surface area contributed by atoms with Crippen molar-refractivity contribution in [1.82, 2.24) is 0 Å². The zero-order valence-electron chi connectivity index (χ0n) is 13.4. The van der Waals surface area contributed by atoms with Gasteiger partial charge in [0.15, 0.2) is 0 Å². The molecular formula is C16H27Br5O. The summed E-state index contributed by atoms with van der Waals surface area (Å²) in [5.41, 5.74) is 0. The fraction of sp³-hybridized carbons (Fsp3) is 1.00. The van der Waals surface area contributed by atoms with Crippen molar-refractivity contribution in [2.75, 3.05) is 6.61 Å². The van der Waals surface area contributed by atoms with E-state index in [9.17, 15) is 0 Å². The summed E-state index contributed by atoms with van der Waals surface area (Å²) in [7, 11) is 0. The fourth-order valence-electron chi connectivity index (χ4n) is 2.63. The summed E-state index contributed by atoms with van der Waals surface area (Å²) in [6.07, 6.45) is 10.9. The van der Waals surface area contributed by atoms with Crippen LogP contribution < -0.4 is 0 Å². The maximum Gasteiger partial charge on any atom is 0.149 e. The molecule has 1 saturated carbocycles. The van der Waals surface area contributed by atoms with E-state index in [4.69, 9.17) is 4.74 Å². The second-order valence-corrected chi connectivity index (χ2v) is 15.2. The van der Waals surface area contributed by atoms with E-state index in [0.717, 1.165) is 19.4 Å². The van der Waals surface area contributed by atoms with Crippen LogP contribution in [-0.2, 0) is 4.74 Å². The van der Waals surface area contributed by atoms with Gasteiger partial charge in [0.2, 0.25) is 0 Å². The minimum absolute atomic E-state index is 0.271. The van der Waals surface area contributed by atoms with E-state index in [1.54, 1.807) is 0 Å². The second-order valence-electron chi connectivity index (χ2n) is 6.69. The number of ether oxygens (including phenoxy) is 1. The van der Waals surface area contributed by atoms with Gasteiger partial charge in [0.25, 0.3) is 0 Å². The van der Waals surface area contributed by atoms with Crippen LogP contribution in [0, 0.1) is 5.92 Å². The molecule has 0 aromatic rings. The van der Waals surface area contributed by atoms with Gasteiger partial charge in [-0.05, 0) is 25.2 Å². The van der Waals surface area contributed by atoms with Gasteiger partial charge < -0.3 is 4.74 Å². The second kappa shape index (κ2) is 9.89. The minimum Gasteiger partial charge on any atom is -0.361 e. The maximum absolute atomic E-state index is 6.35. The Kier molecular flexibility index (Phi) is 10.1. The van der Waals surface area contributed by atoms with Crippen molar-refractivity contribution in [3.05, 3.63) is 0 Å². The molecule has 1 aliphatic carbocycles. The van der Waals surface area contributed by atoms with E-state index in [0.29, 0.717) is 5.92 Å². The number of rotatable bonds is 3. The van der Waals surface area contributed by atoms with Gasteiger partial charge in [-0.1, -0.05) is 132 Å². The Hall–Kier alpha value is 2.36. The third kappa shape index (κ3) is 6.26. The molecule has 6 heteroatoms. The molecule has 0 heterocycles. The quantitative estimate of drug-likeness (QED) is 0.284. The zero-order valence-corrected chi connectivity index (χ0v) is 21.4. The SMILES string of the molecule is CC(C)COC1(Br)CCCCCCCCCC(Br)(Br)C1(Br)Br. The molecule has 1 unspecified atom stereocenters. The average Bonchev–Trinajstić information content (AvgIpc) is 2.41. The number of hydrogen-bond donors (Lipinski definition) is 0. The van der Waals surface area contributed by atoms with Gasteiger partial charge in [-0.3, -0.25) is 0 Å². The molecule has 1 fully saturated rings. The summed E-state index contributed by atoms with van der Waals surface area (Å²) in [5, 5.41) is 0. The van der Waals surface area contributed by atoms with Gasteiger partial charge in [0, 0.05) is 0 Å². The maximum atomic E-state index is 6.35. The molecule has 22 heavy (non-hydrogen) atoms. The minimum atomic E-state index is -0.462. The molecule has 0 aromatic carbocycles. The van der Waals surface area contributed by atoms with Crippen molar-refractivity contribution >= 4 is 79.6 Å². The molecule has 0 aromatic heterocycles. The van der Waals surface area contributed by atoms with Crippen LogP contribution in [0.25, 0.3) is 0 Å². The predicted molar refractivity (Wildman–Crippen MR) is 115 cm³/mol. The van der Waals surface area contributed by atoms with Crippen molar-refractivity contribution in [1.29, 1.82) is 0 Å². The highest BCUT2D eigenvalue weighted by Gasteiger charge is 2.58. The Labute approximate surface area is 178 Å². The lowest BCUT2D eigenvalue weighted by molar-refractivity contribution is 0.00159. The Morgan fingerprint density at radius 3 is 1.73 bits per heavy atom. The first kappa shape index (κ1) is 22.4. The van der Waals surface area contributed by atoms with Crippen molar-refractivity contribution in [3.8, 4) is 0 Å². The summed E-state index contributed by atoms with van der Waals surface area (Å²) >= 11 is 19.6. The summed E-state index contributed by atoms with van der Waals surface area (Å²) in [6, 6.07) is 0. The van der Waals surface area contributed by atoms with Gasteiger partial charge >= 0.3 is 0 Å². The first-order chi connectivity index (χ1) is 10.1. The number of hydrogen-bond acceptors (Lipinski definition) is 1. The van der Waals surface area contributed by atoms with Gasteiger partial charge in [0.05, 0.1) is 6.61 Å². The Morgan fingerprint density at radius 2 is 1.23 bits per heavy atom. The molecule has 1 atom stereocenters. The highest BCUT2D eigenvalue weighted by Crippen LogP contribution is 2.61. The molecule has 0 radical (unpaired) electrons. The molecular weight excluding hydrogens is 608 g/mol. The van der Waals surface area contributed by atoms with Crippen LogP contribution in [0.4, 0.5) is 0 Å². The Morgan fingerprint density at radius 1 is 0.773 bits per heavy atom. The lowest BCUT2D eigenvalue weighted by Crippen LogP contribution is -2.53. The average molecular weight is 635 g/mol. The number of alkyl halides is 5. The zero-order chi connectivity index (χ0) is 16.9. The standard InChI is InChI=1S/C16H27Br5O/c1-13(2)12-22-15(19)11-9-7-5-3-4-6-8-10-14(17,18)16(15,20)21/h13H,3-12H2,1-2H3. The number of halogens is 5. The topological polar surface area (TPSA) is 9.23 Å². The monoisotopic (exact) mass is 630 g/mol. The van der Waals surface area contributed by atoms with Gasteiger partial charge in [0.1, 0.15) is 11.0 Å². The molecule has 0 amide bonds. The van der Waals surface area contributed by atoms with E-state index in [1.165, 1.54) is 44.9 Å². The predicted octanol–water partition coefficient (Wildman–Crippen LogP) is 8.25. The lowest BCUT2D eigenvalue weighted by Gasteiger charge is -2.47. The third-order valence-electron chi connectivity index (χ3n) is 4.06. The van der Waals surface area contributed by atoms with E-state index in [2.05, 4.69) is 93.5 Å². The molecule has 0 bridgehead atoms. The van der Waals surface area contributed by atoms with Crippen LogP contribution in [0.2, 0.25) is 0 Å². The summed E-state index contributed by atoms with van der Waals surface area (Å²) in [6.45, 7) is 5.11. The molecule has 0 spiro atoms. The molecule has 0 N–H and O–H groups in total. The molecule has 0 aliphatic heterocycles. The highest BCUT2D eigenvalue weighted by molar-refractivity contribution is 9.31. The molecule has 0 saturated heterocycles.